The van der Waals surface area contributed by atoms with Crippen molar-refractivity contribution >= 4 is 17.4 Å². The molecule has 8 heteroatoms. The van der Waals surface area contributed by atoms with Crippen molar-refractivity contribution in [3.8, 4) is 17.5 Å². The minimum Gasteiger partial charge on any atom is -0.302 e. The van der Waals surface area contributed by atoms with E-state index in [1.165, 1.54) is 23.9 Å². The number of nitriles is 1. The van der Waals surface area contributed by atoms with E-state index in [4.69, 9.17) is 5.26 Å². The van der Waals surface area contributed by atoms with Gasteiger partial charge in [-0.15, -0.1) is 10.2 Å². The van der Waals surface area contributed by atoms with E-state index in [2.05, 4.69) is 21.7 Å². The first-order chi connectivity index (χ1) is 13.6. The van der Waals surface area contributed by atoms with Crippen LogP contribution in [-0.4, -0.2) is 19.7 Å². The van der Waals surface area contributed by atoms with Crippen LogP contribution >= 0.6 is 11.8 Å². The number of hydrogen-bond donors (Lipinski definition) is 0. The van der Waals surface area contributed by atoms with Crippen molar-refractivity contribution < 1.29 is 4.92 Å². The largest absolute Gasteiger partial charge is 0.302 e. The SMILES string of the molecule is CCCCCn1c(Sc2ccc(C#N)c([N+](=O)[O-])c2)nnc1-c1ccccc1. The number of aromatic nitrogens is 3. The van der Waals surface area contributed by atoms with Crippen molar-refractivity contribution in [2.45, 2.75) is 42.8 Å². The molecular formula is C20H19N5O2S. The lowest BCUT2D eigenvalue weighted by Crippen LogP contribution is -2.03. The molecule has 142 valence electrons. The molecule has 3 aromatic rings. The summed E-state index contributed by atoms with van der Waals surface area (Å²) in [5.74, 6) is 0.780. The molecule has 0 bridgehead atoms. The zero-order valence-electron chi connectivity index (χ0n) is 15.4. The summed E-state index contributed by atoms with van der Waals surface area (Å²) in [5, 5.41) is 29.6. The molecule has 0 aliphatic heterocycles. The zero-order valence-corrected chi connectivity index (χ0v) is 16.2. The topological polar surface area (TPSA) is 97.6 Å². The van der Waals surface area contributed by atoms with Crippen molar-refractivity contribution in [3.05, 3.63) is 64.2 Å². The molecule has 3 rings (SSSR count). The van der Waals surface area contributed by atoms with Gasteiger partial charge in [-0.25, -0.2) is 0 Å². The molecule has 0 N–H and O–H groups in total. The van der Waals surface area contributed by atoms with Crippen molar-refractivity contribution in [1.82, 2.24) is 14.8 Å². The number of benzene rings is 2. The quantitative estimate of drug-likeness (QED) is 0.301. The molecule has 0 atom stereocenters. The number of nitro benzene ring substituents is 1. The van der Waals surface area contributed by atoms with Gasteiger partial charge in [0, 0.05) is 23.1 Å². The van der Waals surface area contributed by atoms with Gasteiger partial charge < -0.3 is 4.57 Å². The summed E-state index contributed by atoms with van der Waals surface area (Å²) in [5.41, 5.74) is 0.820. The normalized spacial score (nSPS) is 10.6. The Morgan fingerprint density at radius 1 is 1.18 bits per heavy atom. The minimum absolute atomic E-state index is 0.0451. The summed E-state index contributed by atoms with van der Waals surface area (Å²) in [6, 6.07) is 16.3. The fourth-order valence-corrected chi connectivity index (χ4v) is 3.70. The van der Waals surface area contributed by atoms with E-state index in [1.807, 2.05) is 36.4 Å². The smallest absolute Gasteiger partial charge is 0.288 e. The summed E-state index contributed by atoms with van der Waals surface area (Å²) in [6.45, 7) is 2.92. The first-order valence-corrected chi connectivity index (χ1v) is 9.80. The van der Waals surface area contributed by atoms with Crippen molar-refractivity contribution in [2.75, 3.05) is 0 Å². The average molecular weight is 393 g/mol. The van der Waals surface area contributed by atoms with Crippen LogP contribution in [0.5, 0.6) is 0 Å². The van der Waals surface area contributed by atoms with Crippen LogP contribution in [0.15, 0.2) is 58.6 Å². The molecule has 28 heavy (non-hydrogen) atoms. The van der Waals surface area contributed by atoms with Crippen LogP contribution in [0.2, 0.25) is 0 Å². The van der Waals surface area contributed by atoms with Gasteiger partial charge in [-0.3, -0.25) is 10.1 Å². The second-order valence-electron chi connectivity index (χ2n) is 6.18. The Kier molecular flexibility index (Phi) is 6.40. The molecule has 0 aliphatic carbocycles. The Morgan fingerprint density at radius 3 is 2.64 bits per heavy atom. The fraction of sp³-hybridized carbons (Fsp3) is 0.250. The van der Waals surface area contributed by atoms with Crippen molar-refractivity contribution in [2.24, 2.45) is 0 Å². The van der Waals surface area contributed by atoms with Gasteiger partial charge in [0.05, 0.1) is 4.92 Å². The third-order valence-electron chi connectivity index (χ3n) is 4.23. The molecule has 0 unspecified atom stereocenters. The maximum Gasteiger partial charge on any atom is 0.288 e. The average Bonchev–Trinajstić information content (AvgIpc) is 3.11. The summed E-state index contributed by atoms with van der Waals surface area (Å²) in [7, 11) is 0. The summed E-state index contributed by atoms with van der Waals surface area (Å²) < 4.78 is 2.06. The summed E-state index contributed by atoms with van der Waals surface area (Å²) >= 11 is 1.31. The van der Waals surface area contributed by atoms with Gasteiger partial charge in [0.15, 0.2) is 11.0 Å². The Bertz CT molecular complexity index is 1010. The van der Waals surface area contributed by atoms with Gasteiger partial charge in [-0.2, -0.15) is 5.26 Å². The maximum absolute atomic E-state index is 11.2. The maximum atomic E-state index is 11.2. The van der Waals surface area contributed by atoms with Gasteiger partial charge >= 0.3 is 0 Å². The highest BCUT2D eigenvalue weighted by molar-refractivity contribution is 7.99. The van der Waals surface area contributed by atoms with Crippen LogP contribution < -0.4 is 0 Å². The Morgan fingerprint density at radius 2 is 1.96 bits per heavy atom. The van der Waals surface area contributed by atoms with E-state index in [9.17, 15) is 10.1 Å². The zero-order chi connectivity index (χ0) is 19.9. The molecule has 0 spiro atoms. The van der Waals surface area contributed by atoms with Crippen LogP contribution in [0.4, 0.5) is 5.69 Å². The van der Waals surface area contributed by atoms with Crippen molar-refractivity contribution in [3.63, 3.8) is 0 Å². The number of hydrogen-bond acceptors (Lipinski definition) is 6. The van der Waals surface area contributed by atoms with Gasteiger partial charge in [0.25, 0.3) is 5.69 Å². The summed E-state index contributed by atoms with van der Waals surface area (Å²) in [4.78, 5) is 11.3. The molecule has 0 radical (unpaired) electrons. The monoisotopic (exact) mass is 393 g/mol. The first kappa shape index (κ1) is 19.6. The van der Waals surface area contributed by atoms with Crippen LogP contribution in [0.25, 0.3) is 11.4 Å². The molecule has 0 aliphatic rings. The van der Waals surface area contributed by atoms with Gasteiger partial charge in [-0.05, 0) is 30.3 Å². The first-order valence-electron chi connectivity index (χ1n) is 8.99. The predicted molar refractivity (Wildman–Crippen MR) is 107 cm³/mol. The van der Waals surface area contributed by atoms with Gasteiger partial charge in [0.1, 0.15) is 11.6 Å². The lowest BCUT2D eigenvalue weighted by molar-refractivity contribution is -0.385. The second-order valence-corrected chi connectivity index (χ2v) is 7.22. The third-order valence-corrected chi connectivity index (χ3v) is 5.20. The van der Waals surface area contributed by atoms with Crippen LogP contribution in [0.3, 0.4) is 0 Å². The standard InChI is InChI=1S/C20H19N5O2S/c1-2-3-7-12-24-19(15-8-5-4-6-9-15)22-23-20(24)28-17-11-10-16(14-21)18(13-17)25(26)27/h4-6,8-11,13H,2-3,7,12H2,1H3. The van der Waals surface area contributed by atoms with Gasteiger partial charge in [-0.1, -0.05) is 50.1 Å². The van der Waals surface area contributed by atoms with E-state index < -0.39 is 4.92 Å². The van der Waals surface area contributed by atoms with E-state index in [1.54, 1.807) is 6.07 Å². The summed E-state index contributed by atoms with van der Waals surface area (Å²) in [6.07, 6.45) is 3.20. The van der Waals surface area contributed by atoms with Crippen molar-refractivity contribution in [1.29, 1.82) is 5.26 Å². The van der Waals surface area contributed by atoms with E-state index in [0.29, 0.717) is 10.1 Å². The minimum atomic E-state index is -0.538. The lowest BCUT2D eigenvalue weighted by Gasteiger charge is -2.10. The number of nitro groups is 1. The molecule has 1 aromatic heterocycles. The highest BCUT2D eigenvalue weighted by atomic mass is 32.2. The number of nitrogens with zero attached hydrogens (tertiary/aromatic N) is 5. The Hall–Kier alpha value is -3.18. The number of rotatable bonds is 8. The molecule has 0 amide bonds. The molecule has 0 fully saturated rings. The van der Waals surface area contributed by atoms with Crippen LogP contribution in [0, 0.1) is 21.4 Å². The predicted octanol–water partition coefficient (Wildman–Crippen LogP) is 5.07. The molecular weight excluding hydrogens is 374 g/mol. The molecule has 2 aromatic carbocycles. The Labute approximate surface area is 167 Å². The lowest BCUT2D eigenvalue weighted by atomic mass is 10.2. The third kappa shape index (κ3) is 4.38. The molecule has 0 saturated heterocycles. The van der Waals surface area contributed by atoms with E-state index >= 15 is 0 Å². The van der Waals surface area contributed by atoms with E-state index in [0.717, 1.165) is 37.2 Å². The Balaban J connectivity index is 1.96. The highest BCUT2D eigenvalue weighted by Gasteiger charge is 2.18. The molecule has 1 heterocycles. The number of unbranched alkanes of at least 4 members (excludes halogenated alkanes) is 2. The van der Waals surface area contributed by atoms with Crippen LogP contribution in [-0.2, 0) is 6.54 Å². The van der Waals surface area contributed by atoms with Gasteiger partial charge in [0.2, 0.25) is 0 Å². The second kappa shape index (κ2) is 9.15. The van der Waals surface area contributed by atoms with E-state index in [-0.39, 0.29) is 11.3 Å². The molecule has 7 nitrogen and oxygen atoms in total. The molecule has 0 saturated carbocycles. The highest BCUT2D eigenvalue weighted by Crippen LogP contribution is 2.33. The fourth-order valence-electron chi connectivity index (χ4n) is 2.81. The van der Waals surface area contributed by atoms with Crippen LogP contribution in [0.1, 0.15) is 31.7 Å².